The van der Waals surface area contributed by atoms with Crippen molar-refractivity contribution in [2.24, 2.45) is 0 Å². The molecule has 4 N–H and O–H groups in total. The summed E-state index contributed by atoms with van der Waals surface area (Å²) in [6, 6.07) is 9.42. The number of nitrogen functional groups attached to an aromatic ring is 1. The van der Waals surface area contributed by atoms with Gasteiger partial charge in [-0.05, 0) is 29.8 Å². The van der Waals surface area contributed by atoms with Crippen LogP contribution in [0.1, 0.15) is 5.56 Å². The van der Waals surface area contributed by atoms with E-state index < -0.39 is 6.09 Å². The summed E-state index contributed by atoms with van der Waals surface area (Å²) in [5.41, 5.74) is 7.05. The van der Waals surface area contributed by atoms with Gasteiger partial charge in [-0.1, -0.05) is 24.8 Å². The van der Waals surface area contributed by atoms with E-state index in [0.29, 0.717) is 18.1 Å². The third-order valence-corrected chi connectivity index (χ3v) is 2.88. The molecule has 0 aliphatic rings. The number of aromatic nitrogens is 1. The molecule has 2 aromatic rings. The molecule has 0 spiro atoms. The Morgan fingerprint density at radius 1 is 1.30 bits per heavy atom. The zero-order valence-corrected chi connectivity index (χ0v) is 12.4. The molecule has 23 heavy (non-hydrogen) atoms. The van der Waals surface area contributed by atoms with E-state index in [2.05, 4.69) is 22.2 Å². The van der Waals surface area contributed by atoms with Crippen LogP contribution in [-0.2, 0) is 11.3 Å². The molecule has 0 unspecified atom stereocenters. The molecule has 6 nitrogen and oxygen atoms in total. The van der Waals surface area contributed by atoms with Crippen molar-refractivity contribution in [3.63, 3.8) is 0 Å². The van der Waals surface area contributed by atoms with Crippen molar-refractivity contribution in [3.05, 3.63) is 60.4 Å². The molecule has 0 bridgehead atoms. The smallest absolute Gasteiger partial charge is 0.412 e. The first kappa shape index (κ1) is 16.3. The van der Waals surface area contributed by atoms with Gasteiger partial charge in [-0.15, -0.1) is 0 Å². The lowest BCUT2D eigenvalue weighted by molar-refractivity contribution is 0.174. The van der Waals surface area contributed by atoms with Crippen LogP contribution in [0, 0.1) is 5.82 Å². The number of pyridine rings is 1. The number of amides is 1. The average molecular weight is 316 g/mol. The molecule has 120 valence electrons. The molecule has 0 saturated carbocycles. The number of hydrogen-bond acceptors (Lipinski definition) is 5. The maximum absolute atomic E-state index is 12.8. The summed E-state index contributed by atoms with van der Waals surface area (Å²) >= 11 is 0. The minimum absolute atomic E-state index is 0.108. The Morgan fingerprint density at radius 3 is 2.70 bits per heavy atom. The number of carbonyl (C=O) groups is 1. The first-order valence-electron chi connectivity index (χ1n) is 6.88. The van der Waals surface area contributed by atoms with Crippen molar-refractivity contribution in [1.29, 1.82) is 0 Å². The van der Waals surface area contributed by atoms with Crippen LogP contribution in [0.5, 0.6) is 0 Å². The normalized spacial score (nSPS) is 9.96. The van der Waals surface area contributed by atoms with E-state index in [0.717, 1.165) is 5.56 Å². The van der Waals surface area contributed by atoms with Gasteiger partial charge in [0.1, 0.15) is 24.1 Å². The highest BCUT2D eigenvalue weighted by atomic mass is 19.1. The van der Waals surface area contributed by atoms with Crippen LogP contribution in [0.15, 0.2) is 49.1 Å². The number of nitrogens with zero attached hydrogens (tertiary/aromatic N) is 1. The maximum Gasteiger partial charge on any atom is 0.412 e. The number of carbonyl (C=O) groups excluding carboxylic acids is 1. The Balaban J connectivity index is 1.94. The molecule has 0 aliphatic carbocycles. The van der Waals surface area contributed by atoms with Gasteiger partial charge in [-0.2, -0.15) is 0 Å². The molecule has 1 aromatic heterocycles. The summed E-state index contributed by atoms with van der Waals surface area (Å²) in [6.45, 7) is 4.03. The molecular weight excluding hydrogens is 299 g/mol. The number of rotatable bonds is 6. The lowest BCUT2D eigenvalue weighted by atomic mass is 10.2. The number of nitrogens with one attached hydrogen (secondary N) is 2. The third kappa shape index (κ3) is 4.99. The molecule has 0 saturated heterocycles. The highest BCUT2D eigenvalue weighted by Crippen LogP contribution is 2.19. The van der Waals surface area contributed by atoms with Gasteiger partial charge in [0, 0.05) is 6.54 Å². The van der Waals surface area contributed by atoms with E-state index in [1.54, 1.807) is 24.3 Å². The molecule has 7 heteroatoms. The molecule has 0 fully saturated rings. The van der Waals surface area contributed by atoms with E-state index in [9.17, 15) is 9.18 Å². The Labute approximate surface area is 133 Å². The van der Waals surface area contributed by atoms with Crippen LogP contribution in [0.3, 0.4) is 0 Å². The largest absolute Gasteiger partial charge is 0.445 e. The van der Waals surface area contributed by atoms with E-state index in [-0.39, 0.29) is 18.2 Å². The first-order chi connectivity index (χ1) is 11.1. The topological polar surface area (TPSA) is 89.3 Å². The number of nitrogens with two attached hydrogens (primary N) is 1. The van der Waals surface area contributed by atoms with Gasteiger partial charge in [0.25, 0.3) is 0 Å². The Kier molecular flexibility index (Phi) is 5.51. The van der Waals surface area contributed by atoms with Gasteiger partial charge in [-0.25, -0.2) is 14.2 Å². The van der Waals surface area contributed by atoms with Gasteiger partial charge in [0.15, 0.2) is 0 Å². The van der Waals surface area contributed by atoms with Gasteiger partial charge in [0.2, 0.25) is 0 Å². The van der Waals surface area contributed by atoms with Crippen molar-refractivity contribution in [2.75, 3.05) is 23.0 Å². The minimum atomic E-state index is -0.634. The molecule has 0 atom stereocenters. The van der Waals surface area contributed by atoms with Gasteiger partial charge < -0.3 is 15.8 Å². The highest BCUT2D eigenvalue weighted by Gasteiger charge is 2.07. The molecular formula is C16H17FN4O2. The summed E-state index contributed by atoms with van der Waals surface area (Å²) in [5.74, 6) is 0.413. The second-order valence-corrected chi connectivity index (χ2v) is 4.62. The van der Waals surface area contributed by atoms with Crippen LogP contribution in [0.4, 0.5) is 26.5 Å². The average Bonchev–Trinajstić information content (AvgIpc) is 2.54. The van der Waals surface area contributed by atoms with Crippen molar-refractivity contribution in [3.8, 4) is 0 Å². The second kappa shape index (κ2) is 7.79. The fourth-order valence-corrected chi connectivity index (χ4v) is 1.75. The zero-order valence-electron chi connectivity index (χ0n) is 12.4. The zero-order chi connectivity index (χ0) is 16.7. The summed E-state index contributed by atoms with van der Waals surface area (Å²) < 4.78 is 17.6. The summed E-state index contributed by atoms with van der Waals surface area (Å²) in [5, 5.41) is 5.55. The third-order valence-electron chi connectivity index (χ3n) is 2.88. The van der Waals surface area contributed by atoms with E-state index in [1.165, 1.54) is 18.2 Å². The standard InChI is InChI=1S/C16H17FN4O2/c1-2-9-23-16(22)20-13-7-8-14(21-15(13)18)19-10-11-3-5-12(17)6-4-11/h2-8H,1,9-10H2,(H,20,22)(H3,18,19,21). The number of ether oxygens (including phenoxy) is 1. The van der Waals surface area contributed by atoms with Crippen LogP contribution in [-0.4, -0.2) is 17.7 Å². The fraction of sp³-hybridized carbons (Fsp3) is 0.125. The predicted molar refractivity (Wildman–Crippen MR) is 87.5 cm³/mol. The van der Waals surface area contributed by atoms with E-state index in [1.807, 2.05) is 0 Å². The summed E-state index contributed by atoms with van der Waals surface area (Å²) in [6.07, 6.45) is 0.828. The lowest BCUT2D eigenvalue weighted by Gasteiger charge is -2.10. The maximum atomic E-state index is 12.8. The SMILES string of the molecule is C=CCOC(=O)Nc1ccc(NCc2ccc(F)cc2)nc1N. The van der Waals surface area contributed by atoms with Gasteiger partial charge in [-0.3, -0.25) is 5.32 Å². The van der Waals surface area contributed by atoms with Gasteiger partial charge >= 0.3 is 6.09 Å². The first-order valence-corrected chi connectivity index (χ1v) is 6.88. The summed E-state index contributed by atoms with van der Waals surface area (Å²) in [7, 11) is 0. The molecule has 0 aliphatic heterocycles. The van der Waals surface area contributed by atoms with Crippen molar-refractivity contribution in [1.82, 2.24) is 4.98 Å². The van der Waals surface area contributed by atoms with E-state index >= 15 is 0 Å². The second-order valence-electron chi connectivity index (χ2n) is 4.62. The highest BCUT2D eigenvalue weighted by molar-refractivity contribution is 5.88. The minimum Gasteiger partial charge on any atom is -0.445 e. The molecule has 0 radical (unpaired) electrons. The number of hydrogen-bond donors (Lipinski definition) is 3. The van der Waals surface area contributed by atoms with Crippen LogP contribution < -0.4 is 16.4 Å². The molecule has 2 rings (SSSR count). The quantitative estimate of drug-likeness (QED) is 0.712. The lowest BCUT2D eigenvalue weighted by Crippen LogP contribution is -2.15. The number of anilines is 3. The molecule has 1 amide bonds. The van der Waals surface area contributed by atoms with Crippen LogP contribution >= 0.6 is 0 Å². The Morgan fingerprint density at radius 2 is 2.04 bits per heavy atom. The Hall–Kier alpha value is -3.09. The number of benzene rings is 1. The molecule has 1 heterocycles. The van der Waals surface area contributed by atoms with Crippen molar-refractivity contribution >= 4 is 23.4 Å². The monoisotopic (exact) mass is 316 g/mol. The molecule has 1 aromatic carbocycles. The van der Waals surface area contributed by atoms with Crippen molar-refractivity contribution < 1.29 is 13.9 Å². The summed E-state index contributed by atoms with van der Waals surface area (Å²) in [4.78, 5) is 15.6. The van der Waals surface area contributed by atoms with Crippen LogP contribution in [0.2, 0.25) is 0 Å². The Bertz CT molecular complexity index is 689. The fourth-order valence-electron chi connectivity index (χ4n) is 1.75. The van der Waals surface area contributed by atoms with E-state index in [4.69, 9.17) is 10.5 Å². The van der Waals surface area contributed by atoms with Crippen molar-refractivity contribution in [2.45, 2.75) is 6.54 Å². The van der Waals surface area contributed by atoms with Crippen LogP contribution in [0.25, 0.3) is 0 Å². The number of halogens is 1. The predicted octanol–water partition coefficient (Wildman–Crippen LogP) is 3.15. The van der Waals surface area contributed by atoms with Gasteiger partial charge in [0.05, 0.1) is 5.69 Å².